The highest BCUT2D eigenvalue weighted by atomic mass is 79.9. The highest BCUT2D eigenvalue weighted by Crippen LogP contribution is 2.37. The van der Waals surface area contributed by atoms with Crippen LogP contribution in [0, 0.1) is 0 Å². The Morgan fingerprint density at radius 1 is 0.821 bits per heavy atom. The predicted octanol–water partition coefficient (Wildman–Crippen LogP) is 5.76. The van der Waals surface area contributed by atoms with E-state index in [4.69, 9.17) is 9.47 Å². The molecule has 0 aliphatic rings. The number of ether oxygens (including phenoxy) is 2. The van der Waals surface area contributed by atoms with E-state index in [2.05, 4.69) is 69.8 Å². The summed E-state index contributed by atoms with van der Waals surface area (Å²) in [6, 6.07) is 24.8. The maximum absolute atomic E-state index is 6.05. The van der Waals surface area contributed by atoms with Gasteiger partial charge < -0.3 is 14.8 Å². The van der Waals surface area contributed by atoms with Crippen LogP contribution in [0.3, 0.4) is 0 Å². The number of nitrogens with one attached hydrogen (secondary N) is 1. The highest BCUT2D eigenvalue weighted by Gasteiger charge is 2.12. The molecule has 1 N–H and O–H groups in total. The van der Waals surface area contributed by atoms with Gasteiger partial charge in [-0.05, 0) is 64.6 Å². The van der Waals surface area contributed by atoms with E-state index in [-0.39, 0.29) is 0 Å². The van der Waals surface area contributed by atoms with Gasteiger partial charge in [0.05, 0.1) is 11.1 Å². The summed E-state index contributed by atoms with van der Waals surface area (Å²) in [5, 5.41) is 3.51. The van der Waals surface area contributed by atoms with E-state index in [9.17, 15) is 0 Å². The van der Waals surface area contributed by atoms with Crippen molar-refractivity contribution in [2.45, 2.75) is 26.5 Å². The summed E-state index contributed by atoms with van der Waals surface area (Å²) in [6.45, 7) is 4.80. The Morgan fingerprint density at radius 2 is 1.50 bits per heavy atom. The molecule has 3 aromatic rings. The van der Waals surface area contributed by atoms with Gasteiger partial charge in [-0.1, -0.05) is 60.7 Å². The van der Waals surface area contributed by atoms with Gasteiger partial charge in [-0.25, -0.2) is 0 Å². The van der Waals surface area contributed by atoms with Crippen LogP contribution >= 0.6 is 15.9 Å². The molecule has 3 aromatic carbocycles. The number of hydrogen-bond donors (Lipinski definition) is 1. The van der Waals surface area contributed by atoms with Crippen LogP contribution in [0.4, 0.5) is 0 Å². The molecule has 0 atom stereocenters. The fourth-order valence-corrected chi connectivity index (χ4v) is 3.57. The average Bonchev–Trinajstić information content (AvgIpc) is 2.72. The van der Waals surface area contributed by atoms with Gasteiger partial charge in [0, 0.05) is 6.54 Å². The minimum absolute atomic E-state index is 0.508. The van der Waals surface area contributed by atoms with Crippen molar-refractivity contribution >= 4 is 15.9 Å². The Kier molecular flexibility index (Phi) is 7.94. The molecule has 0 saturated heterocycles. The van der Waals surface area contributed by atoms with E-state index in [0.29, 0.717) is 13.2 Å². The van der Waals surface area contributed by atoms with Crippen LogP contribution in [-0.2, 0) is 19.6 Å². The number of hydrogen-bond acceptors (Lipinski definition) is 3. The maximum atomic E-state index is 6.05. The topological polar surface area (TPSA) is 30.5 Å². The Bertz CT molecular complexity index is 853. The van der Waals surface area contributed by atoms with Crippen LogP contribution in [0.15, 0.2) is 77.3 Å². The first kappa shape index (κ1) is 20.4. The number of benzene rings is 3. The van der Waals surface area contributed by atoms with E-state index in [1.165, 1.54) is 5.56 Å². The fraction of sp³-hybridized carbons (Fsp3) is 0.250. The molecule has 0 saturated carbocycles. The van der Waals surface area contributed by atoms with E-state index >= 15 is 0 Å². The molecule has 4 heteroatoms. The lowest BCUT2D eigenvalue weighted by Crippen LogP contribution is -2.16. The normalized spacial score (nSPS) is 10.6. The molecule has 0 aromatic heterocycles. The molecule has 0 spiro atoms. The lowest BCUT2D eigenvalue weighted by Gasteiger charge is -2.16. The van der Waals surface area contributed by atoms with Gasteiger partial charge >= 0.3 is 0 Å². The van der Waals surface area contributed by atoms with Crippen molar-refractivity contribution in [3.63, 3.8) is 0 Å². The molecule has 3 nitrogen and oxygen atoms in total. The summed E-state index contributed by atoms with van der Waals surface area (Å²) in [7, 11) is 0. The van der Waals surface area contributed by atoms with Gasteiger partial charge in [-0.15, -0.1) is 0 Å². The number of rotatable bonds is 10. The molecule has 0 fully saturated rings. The second kappa shape index (κ2) is 10.9. The van der Waals surface area contributed by atoms with Gasteiger partial charge in [0.1, 0.15) is 6.61 Å². The third kappa shape index (κ3) is 6.11. The third-order valence-electron chi connectivity index (χ3n) is 4.36. The summed E-state index contributed by atoms with van der Waals surface area (Å²) in [4.78, 5) is 0. The van der Waals surface area contributed by atoms with E-state index in [1.807, 2.05) is 31.2 Å². The van der Waals surface area contributed by atoms with Gasteiger partial charge in [-0.2, -0.15) is 0 Å². The molecule has 0 amide bonds. The molecule has 0 aliphatic heterocycles. The van der Waals surface area contributed by atoms with Gasteiger partial charge in [0.25, 0.3) is 0 Å². The maximum Gasteiger partial charge on any atom is 0.175 e. The first-order valence-corrected chi connectivity index (χ1v) is 10.4. The van der Waals surface area contributed by atoms with E-state index < -0.39 is 0 Å². The summed E-state index contributed by atoms with van der Waals surface area (Å²) in [5.74, 6) is 1.52. The lowest BCUT2D eigenvalue weighted by molar-refractivity contribution is 0.267. The van der Waals surface area contributed by atoms with Crippen molar-refractivity contribution in [3.05, 3.63) is 94.0 Å². The van der Waals surface area contributed by atoms with Crippen LogP contribution < -0.4 is 14.8 Å². The third-order valence-corrected chi connectivity index (χ3v) is 4.95. The summed E-state index contributed by atoms with van der Waals surface area (Å²) < 4.78 is 12.8. The van der Waals surface area contributed by atoms with Crippen LogP contribution in [-0.4, -0.2) is 13.2 Å². The average molecular weight is 440 g/mol. The lowest BCUT2D eigenvalue weighted by atomic mass is 10.1. The Balaban J connectivity index is 1.61. The second-order valence-electron chi connectivity index (χ2n) is 6.52. The fourth-order valence-electron chi connectivity index (χ4n) is 2.97. The van der Waals surface area contributed by atoms with E-state index in [1.54, 1.807) is 0 Å². The SMILES string of the molecule is CCOc1cc(CNCCc2ccccc2)cc(Br)c1OCc1ccccc1. The molecular weight excluding hydrogens is 414 g/mol. The van der Waals surface area contributed by atoms with Crippen molar-refractivity contribution in [3.8, 4) is 11.5 Å². The standard InChI is InChI=1S/C24H26BrNO2/c1-2-27-23-16-21(17-26-14-13-19-9-5-3-6-10-19)15-22(25)24(23)28-18-20-11-7-4-8-12-20/h3-12,15-16,26H,2,13-14,17-18H2,1H3. The Hall–Kier alpha value is -2.30. The molecule has 0 heterocycles. The van der Waals surface area contributed by atoms with Crippen molar-refractivity contribution in [2.75, 3.05) is 13.2 Å². The first-order valence-electron chi connectivity index (χ1n) is 9.63. The highest BCUT2D eigenvalue weighted by molar-refractivity contribution is 9.10. The second-order valence-corrected chi connectivity index (χ2v) is 7.38. The van der Waals surface area contributed by atoms with Crippen LogP contribution in [0.2, 0.25) is 0 Å². The smallest absolute Gasteiger partial charge is 0.175 e. The van der Waals surface area contributed by atoms with Crippen molar-refractivity contribution in [1.29, 1.82) is 0 Å². The molecule has 0 unspecified atom stereocenters. The molecule has 28 heavy (non-hydrogen) atoms. The summed E-state index contributed by atoms with van der Waals surface area (Å²) in [6.07, 6.45) is 1.01. The van der Waals surface area contributed by atoms with Gasteiger partial charge in [0.15, 0.2) is 11.5 Å². The zero-order valence-electron chi connectivity index (χ0n) is 16.2. The quantitative estimate of drug-likeness (QED) is 0.407. The zero-order valence-corrected chi connectivity index (χ0v) is 17.7. The molecule has 0 aliphatic carbocycles. The van der Waals surface area contributed by atoms with Gasteiger partial charge in [0.2, 0.25) is 0 Å². The van der Waals surface area contributed by atoms with Crippen LogP contribution in [0.1, 0.15) is 23.6 Å². The minimum atomic E-state index is 0.508. The molecule has 146 valence electrons. The van der Waals surface area contributed by atoms with Gasteiger partial charge in [-0.3, -0.25) is 0 Å². The first-order chi connectivity index (χ1) is 13.8. The molecule has 3 rings (SSSR count). The minimum Gasteiger partial charge on any atom is -0.490 e. The van der Waals surface area contributed by atoms with Crippen LogP contribution in [0.5, 0.6) is 11.5 Å². The monoisotopic (exact) mass is 439 g/mol. The van der Waals surface area contributed by atoms with Crippen molar-refractivity contribution in [1.82, 2.24) is 5.32 Å². The van der Waals surface area contributed by atoms with Crippen LogP contribution in [0.25, 0.3) is 0 Å². The largest absolute Gasteiger partial charge is 0.490 e. The Morgan fingerprint density at radius 3 is 2.18 bits per heavy atom. The predicted molar refractivity (Wildman–Crippen MR) is 118 cm³/mol. The zero-order chi connectivity index (χ0) is 19.6. The summed E-state index contributed by atoms with van der Waals surface area (Å²) in [5.41, 5.74) is 3.63. The number of halogens is 1. The molecule has 0 bridgehead atoms. The van der Waals surface area contributed by atoms with Crippen molar-refractivity contribution in [2.24, 2.45) is 0 Å². The summed E-state index contributed by atoms with van der Waals surface area (Å²) >= 11 is 3.65. The molecule has 0 radical (unpaired) electrons. The van der Waals surface area contributed by atoms with Crippen molar-refractivity contribution < 1.29 is 9.47 Å². The molecular formula is C24H26BrNO2. The Labute approximate surface area is 175 Å². The van der Waals surface area contributed by atoms with E-state index in [0.717, 1.165) is 46.6 Å².